The minimum atomic E-state index is -0.839. The van der Waals surface area contributed by atoms with Gasteiger partial charge in [-0.2, -0.15) is 0 Å². The fraction of sp³-hybridized carbons (Fsp3) is 0.355. The van der Waals surface area contributed by atoms with Gasteiger partial charge in [-0.05, 0) is 41.7 Å². The summed E-state index contributed by atoms with van der Waals surface area (Å²) >= 11 is 1.76. The molecule has 0 radical (unpaired) electrons. The van der Waals surface area contributed by atoms with Gasteiger partial charge in [-0.15, -0.1) is 11.8 Å². The molecule has 7 nitrogen and oxygen atoms in total. The van der Waals surface area contributed by atoms with Gasteiger partial charge >= 0.3 is 5.97 Å². The normalized spacial score (nSPS) is 18.9. The molecule has 206 valence electrons. The Hall–Kier alpha value is -3.17. The van der Waals surface area contributed by atoms with Gasteiger partial charge in [0, 0.05) is 42.0 Å². The number of carboxylic acids is 1. The zero-order valence-corrected chi connectivity index (χ0v) is 22.6. The first-order chi connectivity index (χ1) is 19.0. The first-order valence-electron chi connectivity index (χ1n) is 13.3. The fourth-order valence-electron chi connectivity index (χ4n) is 4.37. The van der Waals surface area contributed by atoms with Crippen LogP contribution in [0.1, 0.15) is 66.8 Å². The van der Waals surface area contributed by atoms with Gasteiger partial charge < -0.3 is 25.0 Å². The highest BCUT2D eigenvalue weighted by molar-refractivity contribution is 7.99. The minimum absolute atomic E-state index is 0.00536. The Kier molecular flexibility index (Phi) is 11.0. The van der Waals surface area contributed by atoms with Crippen LogP contribution in [0.2, 0.25) is 0 Å². The molecule has 3 aromatic carbocycles. The highest BCUT2D eigenvalue weighted by Crippen LogP contribution is 2.39. The van der Waals surface area contributed by atoms with E-state index < -0.39 is 12.3 Å². The topological polar surface area (TPSA) is 105 Å². The molecule has 3 atom stereocenters. The Balaban J connectivity index is 1.37. The third-order valence-electron chi connectivity index (χ3n) is 6.58. The molecule has 3 aromatic rings. The molecule has 0 bridgehead atoms. The molecule has 0 spiro atoms. The number of ether oxygens (including phenoxy) is 2. The predicted molar refractivity (Wildman–Crippen MR) is 150 cm³/mol. The molecule has 1 aliphatic rings. The summed E-state index contributed by atoms with van der Waals surface area (Å²) in [6.07, 6.45) is 1.50. The SMILES string of the molecule is O=C(O)CCCCC(=O)NCc1ccc(C2OC(CSc3ccccc3)CC(c3ccc(CO)cc3)O2)cc1. The summed E-state index contributed by atoms with van der Waals surface area (Å²) in [5.74, 6) is -0.128. The van der Waals surface area contributed by atoms with Crippen molar-refractivity contribution in [3.63, 3.8) is 0 Å². The van der Waals surface area contributed by atoms with Crippen molar-refractivity contribution in [1.82, 2.24) is 5.32 Å². The van der Waals surface area contributed by atoms with Crippen LogP contribution in [0, 0.1) is 0 Å². The average molecular weight is 550 g/mol. The van der Waals surface area contributed by atoms with Crippen molar-refractivity contribution in [1.29, 1.82) is 0 Å². The molecule has 3 unspecified atom stereocenters. The molecule has 0 aromatic heterocycles. The monoisotopic (exact) mass is 549 g/mol. The first kappa shape index (κ1) is 28.8. The van der Waals surface area contributed by atoms with Gasteiger partial charge in [-0.3, -0.25) is 9.59 Å². The molecule has 1 fully saturated rings. The molecule has 0 saturated carbocycles. The van der Waals surface area contributed by atoms with E-state index in [0.29, 0.717) is 25.8 Å². The van der Waals surface area contributed by atoms with Gasteiger partial charge in [0.05, 0.1) is 18.8 Å². The van der Waals surface area contributed by atoms with Crippen LogP contribution < -0.4 is 5.32 Å². The third kappa shape index (κ3) is 9.21. The van der Waals surface area contributed by atoms with Crippen LogP contribution in [-0.2, 0) is 32.2 Å². The van der Waals surface area contributed by atoms with Gasteiger partial charge in [0.25, 0.3) is 0 Å². The number of benzene rings is 3. The Morgan fingerprint density at radius 1 is 0.846 bits per heavy atom. The number of hydrogen-bond donors (Lipinski definition) is 3. The standard InChI is InChI=1S/C31H35NO6S/c33-20-23-12-14-24(15-13-23)28-18-26(21-39-27-6-2-1-3-7-27)37-31(38-28)25-16-10-22(11-17-25)19-32-29(34)8-4-5-9-30(35)36/h1-3,6-7,10-17,26,28,31,33H,4-5,8-9,18-21H2,(H,32,34)(H,35,36). The minimum Gasteiger partial charge on any atom is -0.481 e. The molecule has 1 heterocycles. The van der Waals surface area contributed by atoms with Gasteiger partial charge in [0.2, 0.25) is 5.91 Å². The maximum Gasteiger partial charge on any atom is 0.303 e. The summed E-state index contributed by atoms with van der Waals surface area (Å²) in [6.45, 7) is 0.409. The van der Waals surface area contributed by atoms with E-state index in [0.717, 1.165) is 34.4 Å². The maximum atomic E-state index is 12.1. The van der Waals surface area contributed by atoms with Crippen molar-refractivity contribution in [3.8, 4) is 0 Å². The number of aliphatic carboxylic acids is 1. The molecule has 39 heavy (non-hydrogen) atoms. The Bertz CT molecular complexity index is 1190. The number of carbonyl (C=O) groups excluding carboxylic acids is 1. The Labute approximate surface area is 233 Å². The van der Waals surface area contributed by atoms with Gasteiger partial charge in [0.15, 0.2) is 6.29 Å². The molecule has 0 aliphatic carbocycles. The predicted octanol–water partition coefficient (Wildman–Crippen LogP) is 5.78. The van der Waals surface area contributed by atoms with Crippen LogP contribution in [0.5, 0.6) is 0 Å². The molecular weight excluding hydrogens is 514 g/mol. The zero-order valence-electron chi connectivity index (χ0n) is 21.8. The van der Waals surface area contributed by atoms with Crippen molar-refractivity contribution in [2.75, 3.05) is 5.75 Å². The summed E-state index contributed by atoms with van der Waals surface area (Å²) in [7, 11) is 0. The van der Waals surface area contributed by atoms with E-state index in [4.69, 9.17) is 14.6 Å². The van der Waals surface area contributed by atoms with Crippen LogP contribution in [0.4, 0.5) is 0 Å². The molecule has 3 N–H and O–H groups in total. The Morgan fingerprint density at radius 3 is 2.21 bits per heavy atom. The molecule has 8 heteroatoms. The largest absolute Gasteiger partial charge is 0.481 e. The van der Waals surface area contributed by atoms with Crippen LogP contribution in [0.3, 0.4) is 0 Å². The fourth-order valence-corrected chi connectivity index (χ4v) is 5.31. The Morgan fingerprint density at radius 2 is 1.51 bits per heavy atom. The summed E-state index contributed by atoms with van der Waals surface area (Å²) < 4.78 is 12.8. The van der Waals surface area contributed by atoms with E-state index >= 15 is 0 Å². The van der Waals surface area contributed by atoms with Crippen LogP contribution in [-0.4, -0.2) is 33.9 Å². The number of unbranched alkanes of at least 4 members (excludes halogenated alkanes) is 1. The second kappa shape index (κ2) is 14.8. The molecule has 1 amide bonds. The third-order valence-corrected chi connectivity index (χ3v) is 7.72. The quantitative estimate of drug-likeness (QED) is 0.183. The number of rotatable bonds is 13. The highest BCUT2D eigenvalue weighted by Gasteiger charge is 2.32. The van der Waals surface area contributed by atoms with Crippen molar-refractivity contribution < 1.29 is 29.3 Å². The van der Waals surface area contributed by atoms with Crippen LogP contribution in [0.25, 0.3) is 0 Å². The second-order valence-corrected chi connectivity index (χ2v) is 10.7. The average Bonchev–Trinajstić information content (AvgIpc) is 2.98. The van der Waals surface area contributed by atoms with E-state index in [1.165, 1.54) is 4.90 Å². The first-order valence-corrected chi connectivity index (χ1v) is 14.2. The smallest absolute Gasteiger partial charge is 0.303 e. The number of thioether (sulfide) groups is 1. The number of carboxylic acid groups (broad SMARTS) is 1. The number of nitrogens with one attached hydrogen (secondary N) is 1. The summed E-state index contributed by atoms with van der Waals surface area (Å²) in [5.41, 5.74) is 3.78. The van der Waals surface area contributed by atoms with E-state index in [9.17, 15) is 14.7 Å². The molecule has 1 aliphatic heterocycles. The summed E-state index contributed by atoms with van der Waals surface area (Å²) in [4.78, 5) is 23.9. The van der Waals surface area contributed by atoms with E-state index in [-0.39, 0.29) is 31.1 Å². The maximum absolute atomic E-state index is 12.1. The molecule has 4 rings (SSSR count). The van der Waals surface area contributed by atoms with E-state index in [2.05, 4.69) is 17.4 Å². The zero-order chi connectivity index (χ0) is 27.5. The van der Waals surface area contributed by atoms with Gasteiger partial charge in [-0.25, -0.2) is 0 Å². The summed E-state index contributed by atoms with van der Waals surface area (Å²) in [5, 5.41) is 21.0. The number of carbonyl (C=O) groups is 2. The number of aliphatic hydroxyl groups excluding tert-OH is 1. The van der Waals surface area contributed by atoms with Crippen LogP contribution in [0.15, 0.2) is 83.8 Å². The van der Waals surface area contributed by atoms with Crippen molar-refractivity contribution >= 4 is 23.6 Å². The lowest BCUT2D eigenvalue weighted by molar-refractivity contribution is -0.245. The molecular formula is C31H35NO6S. The number of aliphatic hydroxyl groups is 1. The second-order valence-electron chi connectivity index (χ2n) is 9.59. The van der Waals surface area contributed by atoms with Crippen LogP contribution >= 0.6 is 11.8 Å². The van der Waals surface area contributed by atoms with Gasteiger partial charge in [-0.1, -0.05) is 66.7 Å². The summed E-state index contributed by atoms with van der Waals surface area (Å²) in [6, 6.07) is 26.0. The lowest BCUT2D eigenvalue weighted by atomic mass is 10.0. The number of hydrogen-bond acceptors (Lipinski definition) is 6. The lowest BCUT2D eigenvalue weighted by Crippen LogP contribution is -2.31. The lowest BCUT2D eigenvalue weighted by Gasteiger charge is -2.36. The van der Waals surface area contributed by atoms with E-state index in [1.807, 2.05) is 66.7 Å². The van der Waals surface area contributed by atoms with Crippen molar-refractivity contribution in [3.05, 3.63) is 101 Å². The van der Waals surface area contributed by atoms with E-state index in [1.54, 1.807) is 11.8 Å². The van der Waals surface area contributed by atoms with Crippen molar-refractivity contribution in [2.24, 2.45) is 0 Å². The van der Waals surface area contributed by atoms with Gasteiger partial charge in [0.1, 0.15) is 0 Å². The molecule has 1 saturated heterocycles. The van der Waals surface area contributed by atoms with Crippen molar-refractivity contribution in [2.45, 2.75) is 68.6 Å². The number of amides is 1. The highest BCUT2D eigenvalue weighted by atomic mass is 32.2.